The molecular formula is C18H21NO3. The molecule has 22 heavy (non-hydrogen) atoms. The second-order valence-electron chi connectivity index (χ2n) is 5.32. The standard InChI is InChI=1S/C18H21NO3/c1-20-14-6-4-12(5-7-14)18-15-11-17(22-3)16(21-2)10-13(15)8-9-19-18/h4-7,10-11,18-19H,8-9H2,1-3H3/t18-/m1/s1. The van der Waals surface area contributed by atoms with Crippen LogP contribution in [0.5, 0.6) is 17.2 Å². The van der Waals surface area contributed by atoms with Crippen LogP contribution in [0.15, 0.2) is 36.4 Å². The summed E-state index contributed by atoms with van der Waals surface area (Å²) in [6, 6.07) is 12.5. The summed E-state index contributed by atoms with van der Waals surface area (Å²) in [4.78, 5) is 0. The number of nitrogens with one attached hydrogen (secondary N) is 1. The molecule has 2 aromatic carbocycles. The van der Waals surface area contributed by atoms with Crippen molar-refractivity contribution in [1.29, 1.82) is 0 Å². The second-order valence-corrected chi connectivity index (χ2v) is 5.32. The lowest BCUT2D eigenvalue weighted by Crippen LogP contribution is -2.30. The van der Waals surface area contributed by atoms with E-state index in [4.69, 9.17) is 14.2 Å². The molecule has 4 nitrogen and oxygen atoms in total. The fourth-order valence-corrected chi connectivity index (χ4v) is 2.98. The van der Waals surface area contributed by atoms with E-state index in [1.165, 1.54) is 16.7 Å². The van der Waals surface area contributed by atoms with Gasteiger partial charge in [0.05, 0.1) is 27.4 Å². The number of benzene rings is 2. The lowest BCUT2D eigenvalue weighted by molar-refractivity contribution is 0.353. The minimum atomic E-state index is 0.162. The van der Waals surface area contributed by atoms with E-state index in [1.807, 2.05) is 12.1 Å². The molecule has 0 amide bonds. The van der Waals surface area contributed by atoms with E-state index in [0.717, 1.165) is 30.2 Å². The number of fused-ring (bicyclic) bond motifs is 1. The van der Waals surface area contributed by atoms with Crippen molar-refractivity contribution in [2.75, 3.05) is 27.9 Å². The lowest BCUT2D eigenvalue weighted by Gasteiger charge is -2.28. The number of rotatable bonds is 4. The van der Waals surface area contributed by atoms with E-state index < -0.39 is 0 Å². The number of methoxy groups -OCH3 is 3. The van der Waals surface area contributed by atoms with Gasteiger partial charge in [0.2, 0.25) is 0 Å². The van der Waals surface area contributed by atoms with Gasteiger partial charge in [0.25, 0.3) is 0 Å². The molecule has 0 fully saturated rings. The second kappa shape index (κ2) is 6.28. The summed E-state index contributed by atoms with van der Waals surface area (Å²) in [5.74, 6) is 2.42. The first-order valence-electron chi connectivity index (χ1n) is 7.39. The van der Waals surface area contributed by atoms with Crippen LogP contribution >= 0.6 is 0 Å². The molecule has 1 aliphatic heterocycles. The Labute approximate surface area is 131 Å². The van der Waals surface area contributed by atoms with Gasteiger partial charge in [0.15, 0.2) is 11.5 Å². The van der Waals surface area contributed by atoms with Gasteiger partial charge in [0, 0.05) is 6.54 Å². The zero-order valence-electron chi connectivity index (χ0n) is 13.2. The molecule has 2 aromatic rings. The smallest absolute Gasteiger partial charge is 0.161 e. The quantitative estimate of drug-likeness (QED) is 0.942. The first kappa shape index (κ1) is 14.7. The highest BCUT2D eigenvalue weighted by atomic mass is 16.5. The van der Waals surface area contributed by atoms with Crippen molar-refractivity contribution in [3.63, 3.8) is 0 Å². The fraction of sp³-hybridized carbons (Fsp3) is 0.333. The largest absolute Gasteiger partial charge is 0.497 e. The summed E-state index contributed by atoms with van der Waals surface area (Å²) >= 11 is 0. The molecule has 3 rings (SSSR count). The Hall–Kier alpha value is -2.20. The Morgan fingerprint density at radius 2 is 1.59 bits per heavy atom. The summed E-state index contributed by atoms with van der Waals surface area (Å²) in [7, 11) is 5.02. The Kier molecular flexibility index (Phi) is 4.20. The molecule has 0 aromatic heterocycles. The summed E-state index contributed by atoms with van der Waals surface area (Å²) in [6.45, 7) is 0.944. The summed E-state index contributed by atoms with van der Waals surface area (Å²) in [5.41, 5.74) is 3.76. The molecule has 0 spiro atoms. The highest BCUT2D eigenvalue weighted by Crippen LogP contribution is 2.37. The number of hydrogen-bond acceptors (Lipinski definition) is 4. The SMILES string of the molecule is COc1ccc([C@H]2NCCc3cc(OC)c(OC)cc32)cc1. The third-order valence-corrected chi connectivity index (χ3v) is 4.15. The van der Waals surface area contributed by atoms with Crippen molar-refractivity contribution < 1.29 is 14.2 Å². The topological polar surface area (TPSA) is 39.7 Å². The first-order valence-corrected chi connectivity index (χ1v) is 7.39. The van der Waals surface area contributed by atoms with Crippen LogP contribution in [0.25, 0.3) is 0 Å². The zero-order valence-corrected chi connectivity index (χ0v) is 13.2. The Bertz CT molecular complexity index is 652. The van der Waals surface area contributed by atoms with Gasteiger partial charge in [-0.15, -0.1) is 0 Å². The fourth-order valence-electron chi connectivity index (χ4n) is 2.98. The molecule has 1 atom stereocenters. The summed E-state index contributed by atoms with van der Waals surface area (Å²) in [5, 5.41) is 3.58. The molecule has 1 N–H and O–H groups in total. The van der Waals surface area contributed by atoms with Crippen molar-refractivity contribution in [2.45, 2.75) is 12.5 Å². The van der Waals surface area contributed by atoms with Gasteiger partial charge in [-0.2, -0.15) is 0 Å². The van der Waals surface area contributed by atoms with E-state index in [2.05, 4.69) is 29.6 Å². The highest BCUT2D eigenvalue weighted by molar-refractivity contribution is 5.51. The predicted octanol–water partition coefficient (Wildman–Crippen LogP) is 2.95. The van der Waals surface area contributed by atoms with Crippen LogP contribution in [0.4, 0.5) is 0 Å². The van der Waals surface area contributed by atoms with Gasteiger partial charge in [-0.25, -0.2) is 0 Å². The van der Waals surface area contributed by atoms with Gasteiger partial charge < -0.3 is 19.5 Å². The summed E-state index contributed by atoms with van der Waals surface area (Å²) in [6.07, 6.45) is 0.988. The van der Waals surface area contributed by atoms with E-state index in [0.29, 0.717) is 0 Å². The number of hydrogen-bond donors (Lipinski definition) is 1. The normalized spacial score (nSPS) is 16.8. The Balaban J connectivity index is 2.02. The third kappa shape index (κ3) is 2.62. The van der Waals surface area contributed by atoms with Crippen molar-refractivity contribution in [1.82, 2.24) is 5.32 Å². The van der Waals surface area contributed by atoms with Crippen LogP contribution in [0, 0.1) is 0 Å². The van der Waals surface area contributed by atoms with Crippen molar-refractivity contribution in [2.24, 2.45) is 0 Å². The van der Waals surface area contributed by atoms with E-state index in [-0.39, 0.29) is 6.04 Å². The first-order chi connectivity index (χ1) is 10.8. The van der Waals surface area contributed by atoms with Gasteiger partial charge in [0.1, 0.15) is 5.75 Å². The zero-order chi connectivity index (χ0) is 15.5. The maximum atomic E-state index is 5.45. The molecule has 4 heteroatoms. The van der Waals surface area contributed by atoms with Gasteiger partial charge >= 0.3 is 0 Å². The van der Waals surface area contributed by atoms with Gasteiger partial charge in [-0.3, -0.25) is 0 Å². The third-order valence-electron chi connectivity index (χ3n) is 4.15. The molecule has 0 saturated carbocycles. The van der Waals surface area contributed by atoms with Crippen molar-refractivity contribution in [3.05, 3.63) is 53.1 Å². The molecular weight excluding hydrogens is 278 g/mol. The predicted molar refractivity (Wildman–Crippen MR) is 86.1 cm³/mol. The summed E-state index contributed by atoms with van der Waals surface area (Å²) < 4.78 is 16.1. The van der Waals surface area contributed by atoms with Crippen LogP contribution in [0.3, 0.4) is 0 Å². The van der Waals surface area contributed by atoms with Crippen LogP contribution in [0.2, 0.25) is 0 Å². The molecule has 0 aliphatic carbocycles. The van der Waals surface area contributed by atoms with Crippen molar-refractivity contribution >= 4 is 0 Å². The van der Waals surface area contributed by atoms with Crippen LogP contribution in [-0.2, 0) is 6.42 Å². The minimum Gasteiger partial charge on any atom is -0.497 e. The van der Waals surface area contributed by atoms with Gasteiger partial charge in [-0.1, -0.05) is 12.1 Å². The molecule has 0 radical (unpaired) electrons. The molecule has 0 bridgehead atoms. The average Bonchev–Trinajstić information content (AvgIpc) is 2.60. The average molecular weight is 299 g/mol. The van der Waals surface area contributed by atoms with Gasteiger partial charge in [-0.05, 0) is 47.4 Å². The number of ether oxygens (including phenoxy) is 3. The molecule has 0 saturated heterocycles. The molecule has 0 unspecified atom stereocenters. The monoisotopic (exact) mass is 299 g/mol. The molecule has 1 heterocycles. The van der Waals surface area contributed by atoms with Crippen molar-refractivity contribution in [3.8, 4) is 17.2 Å². The Morgan fingerprint density at radius 3 is 2.23 bits per heavy atom. The maximum Gasteiger partial charge on any atom is 0.161 e. The Morgan fingerprint density at radius 1 is 0.909 bits per heavy atom. The van der Waals surface area contributed by atoms with E-state index in [9.17, 15) is 0 Å². The molecule has 116 valence electrons. The van der Waals surface area contributed by atoms with Crippen LogP contribution in [-0.4, -0.2) is 27.9 Å². The highest BCUT2D eigenvalue weighted by Gasteiger charge is 2.23. The van der Waals surface area contributed by atoms with E-state index in [1.54, 1.807) is 21.3 Å². The molecule has 1 aliphatic rings. The van der Waals surface area contributed by atoms with Crippen LogP contribution in [0.1, 0.15) is 22.7 Å². The minimum absolute atomic E-state index is 0.162. The lowest BCUT2D eigenvalue weighted by atomic mass is 9.89. The maximum absolute atomic E-state index is 5.45. The van der Waals surface area contributed by atoms with Crippen LogP contribution < -0.4 is 19.5 Å². The van der Waals surface area contributed by atoms with E-state index >= 15 is 0 Å².